The minimum absolute atomic E-state index is 0.139. The third-order valence-electron chi connectivity index (χ3n) is 3.98. The summed E-state index contributed by atoms with van der Waals surface area (Å²) in [6, 6.07) is 0. The van der Waals surface area contributed by atoms with Crippen molar-refractivity contribution in [3.8, 4) is 0 Å². The van der Waals surface area contributed by atoms with E-state index in [9.17, 15) is 4.79 Å². The van der Waals surface area contributed by atoms with Crippen LogP contribution in [0.4, 0.5) is 4.79 Å². The molecule has 1 saturated carbocycles. The molecule has 0 unspecified atom stereocenters. The van der Waals surface area contributed by atoms with Gasteiger partial charge in [-0.1, -0.05) is 12.2 Å². The number of rotatable bonds is 5. The molecule has 4 heteroatoms. The number of amides is 1. The van der Waals surface area contributed by atoms with Gasteiger partial charge in [-0.2, -0.15) is 0 Å². The van der Waals surface area contributed by atoms with E-state index in [2.05, 4.69) is 6.08 Å². The van der Waals surface area contributed by atoms with Crippen LogP contribution >= 0.6 is 0 Å². The number of aliphatic hydroxyl groups is 1. The van der Waals surface area contributed by atoms with Crippen molar-refractivity contribution in [2.24, 2.45) is 11.8 Å². The Morgan fingerprint density at radius 1 is 1.29 bits per heavy atom. The summed E-state index contributed by atoms with van der Waals surface area (Å²) < 4.78 is 5.35. The van der Waals surface area contributed by atoms with Crippen molar-refractivity contribution in [3.63, 3.8) is 0 Å². The van der Waals surface area contributed by atoms with E-state index in [4.69, 9.17) is 9.84 Å². The van der Waals surface area contributed by atoms with E-state index in [-0.39, 0.29) is 12.7 Å². The summed E-state index contributed by atoms with van der Waals surface area (Å²) in [5, 5.41) is 8.79. The summed E-state index contributed by atoms with van der Waals surface area (Å²) in [7, 11) is 1.81. The van der Waals surface area contributed by atoms with E-state index >= 15 is 0 Å². The number of aliphatic hydroxyl groups excluding tert-OH is 1. The smallest absolute Gasteiger partial charge is 0.410 e. The normalized spacial score (nSPS) is 23.3. The molecule has 1 rings (SSSR count). The maximum absolute atomic E-state index is 11.9. The van der Waals surface area contributed by atoms with Crippen molar-refractivity contribution in [1.29, 1.82) is 0 Å². The molecule has 0 atom stereocenters. The molecule has 1 amide bonds. The van der Waals surface area contributed by atoms with Gasteiger partial charge in [-0.05, 0) is 64.7 Å². The summed E-state index contributed by atoms with van der Waals surface area (Å²) in [5.41, 5.74) is -0.428. The van der Waals surface area contributed by atoms with E-state index in [1.807, 2.05) is 33.9 Å². The zero-order valence-electron chi connectivity index (χ0n) is 14.0. The Hall–Kier alpha value is -1.03. The van der Waals surface area contributed by atoms with Crippen molar-refractivity contribution in [2.45, 2.75) is 58.5 Å². The number of carbonyl (C=O) groups is 1. The Balaban J connectivity index is 2.24. The first-order valence-electron chi connectivity index (χ1n) is 8.03. The summed E-state index contributed by atoms with van der Waals surface area (Å²) in [4.78, 5) is 13.6. The van der Waals surface area contributed by atoms with E-state index in [0.717, 1.165) is 13.0 Å². The van der Waals surface area contributed by atoms with Crippen molar-refractivity contribution in [1.82, 2.24) is 4.90 Å². The average Bonchev–Trinajstić information content (AvgIpc) is 2.41. The lowest BCUT2D eigenvalue weighted by Gasteiger charge is -2.29. The number of hydrogen-bond donors (Lipinski definition) is 1. The lowest BCUT2D eigenvalue weighted by Crippen LogP contribution is -2.35. The van der Waals surface area contributed by atoms with Gasteiger partial charge in [-0.15, -0.1) is 0 Å². The molecule has 1 fully saturated rings. The summed E-state index contributed by atoms with van der Waals surface area (Å²) in [6.45, 7) is 6.57. The molecule has 0 aromatic rings. The van der Waals surface area contributed by atoms with Gasteiger partial charge in [-0.25, -0.2) is 4.79 Å². The predicted octanol–water partition coefficient (Wildman–Crippen LogP) is 3.60. The standard InChI is InChI=1S/C17H31NO3/c1-17(2,3)21-16(20)18(4)12-11-15-9-7-14(8-10-15)6-5-13-19/h5-6,14-15,19H,7-13H2,1-4H3/t14-,15-. The van der Waals surface area contributed by atoms with Gasteiger partial charge >= 0.3 is 6.09 Å². The van der Waals surface area contributed by atoms with Crippen LogP contribution in [0.3, 0.4) is 0 Å². The summed E-state index contributed by atoms with van der Waals surface area (Å²) in [5.74, 6) is 1.32. The highest BCUT2D eigenvalue weighted by Gasteiger charge is 2.22. The Morgan fingerprint density at radius 2 is 1.90 bits per heavy atom. The third-order valence-corrected chi connectivity index (χ3v) is 3.98. The molecule has 1 aliphatic carbocycles. The number of carbonyl (C=O) groups excluding carboxylic acids is 1. The molecule has 0 aromatic carbocycles. The van der Waals surface area contributed by atoms with Crippen LogP contribution in [0.2, 0.25) is 0 Å². The van der Waals surface area contributed by atoms with Crippen molar-refractivity contribution >= 4 is 6.09 Å². The molecule has 4 nitrogen and oxygen atoms in total. The van der Waals surface area contributed by atoms with Gasteiger partial charge in [0, 0.05) is 13.6 Å². The Kier molecular flexibility index (Phi) is 7.23. The molecule has 0 aliphatic heterocycles. The highest BCUT2D eigenvalue weighted by Crippen LogP contribution is 2.31. The van der Waals surface area contributed by atoms with Crippen molar-refractivity contribution in [3.05, 3.63) is 12.2 Å². The Morgan fingerprint density at radius 3 is 2.43 bits per heavy atom. The minimum atomic E-state index is -0.428. The van der Waals surface area contributed by atoms with Crippen LogP contribution in [-0.2, 0) is 4.74 Å². The second kappa shape index (κ2) is 8.42. The molecule has 1 N–H and O–H groups in total. The zero-order valence-corrected chi connectivity index (χ0v) is 14.0. The van der Waals surface area contributed by atoms with Crippen molar-refractivity contribution < 1.29 is 14.6 Å². The third kappa shape index (κ3) is 7.51. The van der Waals surface area contributed by atoms with Crippen LogP contribution in [0.15, 0.2) is 12.2 Å². The fourth-order valence-corrected chi connectivity index (χ4v) is 2.73. The van der Waals surface area contributed by atoms with Crippen LogP contribution < -0.4 is 0 Å². The first-order valence-corrected chi connectivity index (χ1v) is 8.03. The molecule has 0 saturated heterocycles. The highest BCUT2D eigenvalue weighted by molar-refractivity contribution is 5.67. The van der Waals surface area contributed by atoms with Crippen LogP contribution in [0.25, 0.3) is 0 Å². The first kappa shape index (κ1) is 18.0. The minimum Gasteiger partial charge on any atom is -0.444 e. The maximum atomic E-state index is 11.9. The van der Waals surface area contributed by atoms with Crippen molar-refractivity contribution in [2.75, 3.05) is 20.2 Å². The highest BCUT2D eigenvalue weighted by atomic mass is 16.6. The topological polar surface area (TPSA) is 49.8 Å². The molecule has 0 radical (unpaired) electrons. The molecule has 0 spiro atoms. The number of allylic oxidation sites excluding steroid dienone is 1. The molecule has 21 heavy (non-hydrogen) atoms. The zero-order chi connectivity index (χ0) is 15.9. The van der Waals surface area contributed by atoms with Crippen LogP contribution in [-0.4, -0.2) is 41.9 Å². The van der Waals surface area contributed by atoms with Gasteiger partial charge in [0.2, 0.25) is 0 Å². The van der Waals surface area contributed by atoms with Crippen LogP contribution in [0.5, 0.6) is 0 Å². The van der Waals surface area contributed by atoms with E-state index < -0.39 is 5.60 Å². The fourth-order valence-electron chi connectivity index (χ4n) is 2.73. The fraction of sp³-hybridized carbons (Fsp3) is 0.824. The lowest BCUT2D eigenvalue weighted by atomic mass is 9.80. The lowest BCUT2D eigenvalue weighted by molar-refractivity contribution is 0.0287. The molecule has 122 valence electrons. The van der Waals surface area contributed by atoms with Gasteiger partial charge in [0.25, 0.3) is 0 Å². The predicted molar refractivity (Wildman–Crippen MR) is 85.2 cm³/mol. The van der Waals surface area contributed by atoms with E-state index in [0.29, 0.717) is 11.8 Å². The van der Waals surface area contributed by atoms with Gasteiger partial charge in [0.15, 0.2) is 0 Å². The molecule has 1 aliphatic rings. The van der Waals surface area contributed by atoms with Gasteiger partial charge in [0.1, 0.15) is 5.60 Å². The summed E-state index contributed by atoms with van der Waals surface area (Å²) in [6.07, 6.45) is 9.61. The number of hydrogen-bond acceptors (Lipinski definition) is 3. The van der Waals surface area contributed by atoms with Crippen LogP contribution in [0.1, 0.15) is 52.9 Å². The maximum Gasteiger partial charge on any atom is 0.410 e. The quantitative estimate of drug-likeness (QED) is 0.789. The van der Waals surface area contributed by atoms with Gasteiger partial charge in [-0.3, -0.25) is 0 Å². The Labute approximate surface area is 129 Å². The Bertz CT molecular complexity index is 338. The molecule has 0 heterocycles. The average molecular weight is 297 g/mol. The largest absolute Gasteiger partial charge is 0.444 e. The number of ether oxygens (including phenoxy) is 1. The monoisotopic (exact) mass is 297 g/mol. The SMILES string of the molecule is CN(CC[C@H]1CC[C@H](C=CCO)CC1)C(=O)OC(C)(C)C. The molecular formula is C17H31NO3. The molecule has 0 aromatic heterocycles. The van der Waals surface area contributed by atoms with Gasteiger partial charge in [0.05, 0.1) is 6.61 Å². The van der Waals surface area contributed by atoms with Crippen LogP contribution in [0, 0.1) is 11.8 Å². The summed E-state index contributed by atoms with van der Waals surface area (Å²) >= 11 is 0. The van der Waals surface area contributed by atoms with E-state index in [1.54, 1.807) is 4.90 Å². The number of nitrogens with zero attached hydrogens (tertiary/aromatic N) is 1. The first-order chi connectivity index (χ1) is 9.81. The second-order valence-electron chi connectivity index (χ2n) is 7.08. The second-order valence-corrected chi connectivity index (χ2v) is 7.08. The van der Waals surface area contributed by atoms with E-state index in [1.165, 1.54) is 25.7 Å². The molecule has 0 bridgehead atoms. The van der Waals surface area contributed by atoms with Gasteiger partial charge < -0.3 is 14.7 Å². The molecular weight excluding hydrogens is 266 g/mol.